The van der Waals surface area contributed by atoms with E-state index in [1.807, 2.05) is 19.1 Å². The number of fused-ring (bicyclic) bond motifs is 1. The van der Waals surface area contributed by atoms with Crippen molar-refractivity contribution in [3.05, 3.63) is 35.8 Å². The van der Waals surface area contributed by atoms with Gasteiger partial charge in [-0.2, -0.15) is 0 Å². The maximum absolute atomic E-state index is 12.3. The van der Waals surface area contributed by atoms with Crippen LogP contribution >= 0.6 is 0 Å². The highest BCUT2D eigenvalue weighted by Gasteiger charge is 2.27. The van der Waals surface area contributed by atoms with Gasteiger partial charge in [0, 0.05) is 12.0 Å². The van der Waals surface area contributed by atoms with Crippen LogP contribution in [-0.4, -0.2) is 44.4 Å². The van der Waals surface area contributed by atoms with E-state index in [0.717, 1.165) is 60.5 Å². The summed E-state index contributed by atoms with van der Waals surface area (Å²) in [5.74, 6) is -0.460. The highest BCUT2D eigenvalue weighted by atomic mass is 32.2. The van der Waals surface area contributed by atoms with E-state index < -0.39 is 22.0 Å². The standard InChI is InChI=1S/C23H34N2O5S/c1-2-3-13-31(28,29)25-22(23(26)27)15-19-14-18(21-16-30-12-9-20(19)21)6-4-5-17-7-10-24-11-8-17/h9,12,14,16-17,22,24-25H,2-8,10-11,13,15H2,1H3,(H,26,27)/t22-/m0/s1. The van der Waals surface area contributed by atoms with Crippen molar-refractivity contribution in [3.8, 4) is 11.1 Å². The normalized spacial score (nSPS) is 16.5. The van der Waals surface area contributed by atoms with Crippen LogP contribution in [0.4, 0.5) is 0 Å². The molecule has 8 heteroatoms. The lowest BCUT2D eigenvalue weighted by Gasteiger charge is -2.22. The number of hydrogen-bond acceptors (Lipinski definition) is 5. The molecule has 1 fully saturated rings. The smallest absolute Gasteiger partial charge is 0.322 e. The van der Waals surface area contributed by atoms with E-state index in [-0.39, 0.29) is 12.2 Å². The summed E-state index contributed by atoms with van der Waals surface area (Å²) in [6.45, 7) is 4.09. The summed E-state index contributed by atoms with van der Waals surface area (Å²) < 4.78 is 32.3. The second-order valence-electron chi connectivity index (χ2n) is 8.55. The molecule has 3 rings (SSSR count). The van der Waals surface area contributed by atoms with E-state index in [0.29, 0.717) is 6.42 Å². The van der Waals surface area contributed by atoms with Gasteiger partial charge < -0.3 is 14.8 Å². The summed E-state index contributed by atoms with van der Waals surface area (Å²) in [6.07, 6.45) is 10.2. The number of carboxylic acids is 1. The van der Waals surface area contributed by atoms with Crippen LogP contribution in [0.25, 0.3) is 11.1 Å². The minimum absolute atomic E-state index is 0.0597. The Hall–Kier alpha value is -1.90. The quantitative estimate of drug-likeness (QED) is 0.457. The Morgan fingerprint density at radius 2 is 2.03 bits per heavy atom. The van der Waals surface area contributed by atoms with Gasteiger partial charge in [0.05, 0.1) is 18.3 Å². The SMILES string of the molecule is CCCCS(=O)(=O)N[C@@H](Cc1cc(CCCC2CCNCC2)c2coccc1-2)C(=O)O. The topological polar surface area (TPSA) is 109 Å². The number of unbranched alkanes of at least 4 members (excludes halogenated alkanes) is 1. The Morgan fingerprint density at radius 3 is 2.74 bits per heavy atom. The summed E-state index contributed by atoms with van der Waals surface area (Å²) in [5.41, 5.74) is 3.90. The van der Waals surface area contributed by atoms with Crippen molar-refractivity contribution in [1.82, 2.24) is 10.0 Å². The molecule has 0 aromatic heterocycles. The fourth-order valence-corrected chi connectivity index (χ4v) is 5.80. The zero-order chi connectivity index (χ0) is 22.3. The molecule has 1 atom stereocenters. The number of piperidine rings is 1. The van der Waals surface area contributed by atoms with Crippen molar-refractivity contribution in [2.75, 3.05) is 18.8 Å². The van der Waals surface area contributed by atoms with Gasteiger partial charge in [0.2, 0.25) is 10.0 Å². The summed E-state index contributed by atoms with van der Waals surface area (Å²) in [5, 5.41) is 13.0. The highest BCUT2D eigenvalue weighted by Crippen LogP contribution is 2.34. The van der Waals surface area contributed by atoms with Crippen LogP contribution in [0.15, 0.2) is 29.1 Å². The molecule has 3 aliphatic rings. The van der Waals surface area contributed by atoms with Crippen LogP contribution in [0.3, 0.4) is 0 Å². The lowest BCUT2D eigenvalue weighted by Crippen LogP contribution is -2.43. The molecule has 7 nitrogen and oxygen atoms in total. The predicted molar refractivity (Wildman–Crippen MR) is 121 cm³/mol. The molecule has 0 aromatic carbocycles. The largest absolute Gasteiger partial charge is 0.480 e. The van der Waals surface area contributed by atoms with Gasteiger partial charge in [0.15, 0.2) is 0 Å². The van der Waals surface area contributed by atoms with Crippen LogP contribution in [-0.2, 0) is 27.7 Å². The second-order valence-corrected chi connectivity index (χ2v) is 10.4. The molecule has 172 valence electrons. The number of nitrogens with one attached hydrogen (secondary N) is 2. The number of aliphatic carboxylic acids is 1. The lowest BCUT2D eigenvalue weighted by atomic mass is 9.91. The van der Waals surface area contributed by atoms with Crippen molar-refractivity contribution in [2.45, 2.75) is 64.3 Å². The number of carboxylic acid groups (broad SMARTS) is 1. The van der Waals surface area contributed by atoms with Crippen LogP contribution in [0, 0.1) is 5.92 Å². The number of sulfonamides is 1. The summed E-state index contributed by atoms with van der Waals surface area (Å²) >= 11 is 0. The van der Waals surface area contributed by atoms with Gasteiger partial charge >= 0.3 is 5.97 Å². The minimum Gasteiger partial charge on any atom is -0.480 e. The Kier molecular flexibility index (Phi) is 8.51. The second kappa shape index (κ2) is 11.1. The molecule has 31 heavy (non-hydrogen) atoms. The Morgan fingerprint density at radius 1 is 1.26 bits per heavy atom. The van der Waals surface area contributed by atoms with Crippen molar-refractivity contribution in [2.24, 2.45) is 5.92 Å². The maximum Gasteiger partial charge on any atom is 0.322 e. The molecule has 0 unspecified atom stereocenters. The molecule has 1 aliphatic carbocycles. The van der Waals surface area contributed by atoms with Crippen molar-refractivity contribution in [1.29, 1.82) is 0 Å². The molecular formula is C23H34N2O5S. The number of carbonyl (C=O) groups is 1. The first-order chi connectivity index (χ1) is 14.9. The zero-order valence-corrected chi connectivity index (χ0v) is 19.0. The van der Waals surface area contributed by atoms with E-state index >= 15 is 0 Å². The van der Waals surface area contributed by atoms with Crippen LogP contribution in [0.5, 0.6) is 0 Å². The summed E-state index contributed by atoms with van der Waals surface area (Å²) in [6, 6.07) is 2.68. The third-order valence-corrected chi connectivity index (χ3v) is 7.63. The Bertz CT molecular complexity index is 918. The maximum atomic E-state index is 12.3. The molecule has 0 saturated carbocycles. The molecule has 0 aromatic rings. The van der Waals surface area contributed by atoms with E-state index in [1.54, 1.807) is 12.5 Å². The fraction of sp³-hybridized carbons (Fsp3) is 0.609. The van der Waals surface area contributed by atoms with Gasteiger partial charge in [-0.3, -0.25) is 4.79 Å². The first kappa shape index (κ1) is 23.8. The van der Waals surface area contributed by atoms with E-state index in [1.165, 1.54) is 19.3 Å². The molecule has 0 amide bonds. The van der Waals surface area contributed by atoms with E-state index in [2.05, 4.69) is 10.0 Å². The summed E-state index contributed by atoms with van der Waals surface area (Å²) in [7, 11) is -3.64. The molecule has 2 heterocycles. The van der Waals surface area contributed by atoms with E-state index in [9.17, 15) is 18.3 Å². The van der Waals surface area contributed by atoms with Gasteiger partial charge in [-0.05, 0) is 73.9 Å². The van der Waals surface area contributed by atoms with Gasteiger partial charge in [0.1, 0.15) is 6.04 Å². The third kappa shape index (κ3) is 6.79. The first-order valence-corrected chi connectivity index (χ1v) is 12.9. The predicted octanol–water partition coefficient (Wildman–Crippen LogP) is 3.42. The molecule has 0 spiro atoms. The Labute approximate surface area is 185 Å². The third-order valence-electron chi connectivity index (χ3n) is 6.16. The van der Waals surface area contributed by atoms with Crippen molar-refractivity contribution >= 4 is 16.0 Å². The highest BCUT2D eigenvalue weighted by molar-refractivity contribution is 7.89. The molecule has 3 N–H and O–H groups in total. The minimum atomic E-state index is -3.64. The molecule has 0 radical (unpaired) electrons. The van der Waals surface area contributed by atoms with Gasteiger partial charge in [-0.25, -0.2) is 13.1 Å². The van der Waals surface area contributed by atoms with Gasteiger partial charge in [-0.1, -0.05) is 25.8 Å². The zero-order valence-electron chi connectivity index (χ0n) is 18.2. The number of hydrogen-bond donors (Lipinski definition) is 3. The van der Waals surface area contributed by atoms with Gasteiger partial charge in [0.25, 0.3) is 0 Å². The first-order valence-electron chi connectivity index (χ1n) is 11.3. The number of aryl methyl sites for hydroxylation is 1. The summed E-state index contributed by atoms with van der Waals surface area (Å²) in [4.78, 5) is 11.8. The Balaban J connectivity index is 1.70. The average Bonchev–Trinajstić information content (AvgIpc) is 3.10. The fourth-order valence-electron chi connectivity index (χ4n) is 4.40. The molecule has 0 bridgehead atoms. The average molecular weight is 451 g/mol. The number of rotatable bonds is 12. The molecule has 1 saturated heterocycles. The van der Waals surface area contributed by atoms with Crippen molar-refractivity contribution in [3.63, 3.8) is 0 Å². The molecule has 2 aliphatic heterocycles. The van der Waals surface area contributed by atoms with E-state index in [4.69, 9.17) is 4.42 Å². The lowest BCUT2D eigenvalue weighted by molar-refractivity contribution is -0.138. The van der Waals surface area contributed by atoms with Crippen LogP contribution in [0.2, 0.25) is 0 Å². The monoisotopic (exact) mass is 450 g/mol. The van der Waals surface area contributed by atoms with Crippen molar-refractivity contribution < 1.29 is 22.7 Å². The van der Waals surface area contributed by atoms with Gasteiger partial charge in [-0.15, -0.1) is 0 Å². The molecular weight excluding hydrogens is 416 g/mol. The van der Waals surface area contributed by atoms with Crippen LogP contribution in [0.1, 0.15) is 56.6 Å². The van der Waals surface area contributed by atoms with Crippen LogP contribution < -0.4 is 10.0 Å².